The van der Waals surface area contributed by atoms with E-state index in [1.807, 2.05) is 0 Å². The first-order valence-corrected chi connectivity index (χ1v) is 6.31. The molecule has 0 aromatic heterocycles. The predicted molar refractivity (Wildman–Crippen MR) is 68.1 cm³/mol. The third-order valence-corrected chi connectivity index (χ3v) is 3.63. The second kappa shape index (κ2) is 5.46. The molecule has 0 radical (unpaired) electrons. The fraction of sp³-hybridized carbons (Fsp3) is 0.571. The molecule has 1 aliphatic rings. The SMILES string of the molecule is CC[C@@H](N)C1CCN(Cc2ccccc2)C1. The zero-order valence-electron chi connectivity index (χ0n) is 10.1. The Morgan fingerprint density at radius 2 is 2.12 bits per heavy atom. The maximum Gasteiger partial charge on any atom is 0.0233 e. The lowest BCUT2D eigenvalue weighted by atomic mass is 9.98. The number of hydrogen-bond donors (Lipinski definition) is 1. The van der Waals surface area contributed by atoms with Gasteiger partial charge in [0, 0.05) is 19.1 Å². The Hall–Kier alpha value is -0.860. The second-order valence-corrected chi connectivity index (χ2v) is 4.84. The third-order valence-electron chi connectivity index (χ3n) is 3.63. The Labute approximate surface area is 98.4 Å². The van der Waals surface area contributed by atoms with Crippen LogP contribution < -0.4 is 5.73 Å². The van der Waals surface area contributed by atoms with Gasteiger partial charge in [-0.05, 0) is 30.9 Å². The van der Waals surface area contributed by atoms with Crippen molar-refractivity contribution in [1.82, 2.24) is 4.90 Å². The molecule has 1 fully saturated rings. The molecule has 0 spiro atoms. The van der Waals surface area contributed by atoms with Crippen molar-refractivity contribution in [3.63, 3.8) is 0 Å². The summed E-state index contributed by atoms with van der Waals surface area (Å²) in [5.74, 6) is 0.703. The molecule has 2 N–H and O–H groups in total. The third kappa shape index (κ3) is 2.83. The first-order chi connectivity index (χ1) is 7.79. The molecular formula is C14H22N2. The van der Waals surface area contributed by atoms with E-state index in [4.69, 9.17) is 5.73 Å². The van der Waals surface area contributed by atoms with Gasteiger partial charge in [-0.1, -0.05) is 37.3 Å². The number of rotatable bonds is 4. The smallest absolute Gasteiger partial charge is 0.0233 e. The Morgan fingerprint density at radius 1 is 1.38 bits per heavy atom. The van der Waals surface area contributed by atoms with E-state index in [9.17, 15) is 0 Å². The highest BCUT2D eigenvalue weighted by molar-refractivity contribution is 5.14. The number of benzene rings is 1. The molecule has 0 amide bonds. The van der Waals surface area contributed by atoms with Crippen LogP contribution in [0.5, 0.6) is 0 Å². The standard InChI is InChI=1S/C14H22N2/c1-2-14(15)13-8-9-16(11-13)10-12-6-4-3-5-7-12/h3-7,13-14H,2,8-11,15H2,1H3/t13?,14-/m1/s1. The Balaban J connectivity index is 1.85. The largest absolute Gasteiger partial charge is 0.327 e. The van der Waals surface area contributed by atoms with Crippen molar-refractivity contribution in [3.8, 4) is 0 Å². The minimum absolute atomic E-state index is 0.390. The normalized spacial score (nSPS) is 23.5. The molecular weight excluding hydrogens is 196 g/mol. The highest BCUT2D eigenvalue weighted by atomic mass is 15.1. The number of likely N-dealkylation sites (tertiary alicyclic amines) is 1. The molecule has 1 aromatic carbocycles. The molecule has 2 heteroatoms. The molecule has 2 nitrogen and oxygen atoms in total. The first-order valence-electron chi connectivity index (χ1n) is 6.31. The average Bonchev–Trinajstić information content (AvgIpc) is 2.78. The Bertz CT molecular complexity index is 310. The monoisotopic (exact) mass is 218 g/mol. The van der Waals surface area contributed by atoms with Crippen molar-refractivity contribution in [2.75, 3.05) is 13.1 Å². The van der Waals surface area contributed by atoms with Gasteiger partial charge in [0.05, 0.1) is 0 Å². The van der Waals surface area contributed by atoms with Gasteiger partial charge >= 0.3 is 0 Å². The summed E-state index contributed by atoms with van der Waals surface area (Å²) in [5, 5.41) is 0. The van der Waals surface area contributed by atoms with Crippen molar-refractivity contribution < 1.29 is 0 Å². The van der Waals surface area contributed by atoms with E-state index in [1.165, 1.54) is 25.1 Å². The maximum absolute atomic E-state index is 6.11. The van der Waals surface area contributed by atoms with Gasteiger partial charge in [0.25, 0.3) is 0 Å². The summed E-state index contributed by atoms with van der Waals surface area (Å²) in [4.78, 5) is 2.52. The van der Waals surface area contributed by atoms with Crippen molar-refractivity contribution in [3.05, 3.63) is 35.9 Å². The average molecular weight is 218 g/mol. The summed E-state index contributed by atoms with van der Waals surface area (Å²) in [6, 6.07) is 11.1. The zero-order valence-corrected chi connectivity index (χ0v) is 10.1. The molecule has 88 valence electrons. The van der Waals surface area contributed by atoms with Crippen molar-refractivity contribution in [1.29, 1.82) is 0 Å². The van der Waals surface area contributed by atoms with Crippen molar-refractivity contribution in [2.24, 2.45) is 11.7 Å². The van der Waals surface area contributed by atoms with E-state index in [2.05, 4.69) is 42.2 Å². The van der Waals surface area contributed by atoms with Gasteiger partial charge in [0.15, 0.2) is 0 Å². The number of nitrogens with two attached hydrogens (primary N) is 1. The van der Waals surface area contributed by atoms with Crippen LogP contribution in [0.3, 0.4) is 0 Å². The predicted octanol–water partition coefficient (Wildman–Crippen LogP) is 2.25. The Morgan fingerprint density at radius 3 is 2.81 bits per heavy atom. The Kier molecular flexibility index (Phi) is 3.97. The molecule has 1 aromatic rings. The second-order valence-electron chi connectivity index (χ2n) is 4.84. The maximum atomic E-state index is 6.11. The lowest BCUT2D eigenvalue weighted by Crippen LogP contribution is -2.31. The van der Waals surface area contributed by atoms with E-state index < -0.39 is 0 Å². The highest BCUT2D eigenvalue weighted by Crippen LogP contribution is 2.21. The lowest BCUT2D eigenvalue weighted by molar-refractivity contribution is 0.304. The van der Waals surface area contributed by atoms with Gasteiger partial charge in [-0.2, -0.15) is 0 Å². The minimum atomic E-state index is 0.390. The van der Waals surface area contributed by atoms with Crippen LogP contribution in [0.2, 0.25) is 0 Å². The fourth-order valence-corrected chi connectivity index (χ4v) is 2.53. The summed E-state index contributed by atoms with van der Waals surface area (Å²) in [6.07, 6.45) is 2.37. The molecule has 2 atom stereocenters. The van der Waals surface area contributed by atoms with Crippen LogP contribution in [0.15, 0.2) is 30.3 Å². The van der Waals surface area contributed by atoms with Crippen LogP contribution in [0, 0.1) is 5.92 Å². The summed E-state index contributed by atoms with van der Waals surface area (Å²) >= 11 is 0. The van der Waals surface area contributed by atoms with Crippen LogP contribution in [0.4, 0.5) is 0 Å². The van der Waals surface area contributed by atoms with E-state index in [-0.39, 0.29) is 0 Å². The zero-order chi connectivity index (χ0) is 11.4. The van der Waals surface area contributed by atoms with Crippen LogP contribution in [0.1, 0.15) is 25.3 Å². The van der Waals surface area contributed by atoms with E-state index >= 15 is 0 Å². The van der Waals surface area contributed by atoms with E-state index in [0.29, 0.717) is 12.0 Å². The van der Waals surface area contributed by atoms with E-state index in [0.717, 1.165) is 13.0 Å². The summed E-state index contributed by atoms with van der Waals surface area (Å²) in [6.45, 7) is 5.63. The molecule has 16 heavy (non-hydrogen) atoms. The molecule has 1 unspecified atom stereocenters. The number of hydrogen-bond acceptors (Lipinski definition) is 2. The molecule has 1 saturated heterocycles. The van der Waals surface area contributed by atoms with Crippen LogP contribution in [-0.4, -0.2) is 24.0 Å². The summed E-state index contributed by atoms with van der Waals surface area (Å²) < 4.78 is 0. The summed E-state index contributed by atoms with van der Waals surface area (Å²) in [7, 11) is 0. The van der Waals surface area contributed by atoms with E-state index in [1.54, 1.807) is 0 Å². The van der Waals surface area contributed by atoms with Crippen LogP contribution >= 0.6 is 0 Å². The molecule has 0 saturated carbocycles. The van der Waals surface area contributed by atoms with Crippen molar-refractivity contribution >= 4 is 0 Å². The molecule has 0 bridgehead atoms. The summed E-state index contributed by atoms with van der Waals surface area (Å²) in [5.41, 5.74) is 7.52. The quantitative estimate of drug-likeness (QED) is 0.840. The van der Waals surface area contributed by atoms with Gasteiger partial charge in [0.1, 0.15) is 0 Å². The lowest BCUT2D eigenvalue weighted by Gasteiger charge is -2.19. The van der Waals surface area contributed by atoms with Crippen LogP contribution in [-0.2, 0) is 6.54 Å². The first kappa shape index (κ1) is 11.6. The molecule has 1 heterocycles. The van der Waals surface area contributed by atoms with Gasteiger partial charge in [-0.15, -0.1) is 0 Å². The highest BCUT2D eigenvalue weighted by Gasteiger charge is 2.26. The van der Waals surface area contributed by atoms with Crippen molar-refractivity contribution in [2.45, 2.75) is 32.4 Å². The van der Waals surface area contributed by atoms with Gasteiger partial charge < -0.3 is 5.73 Å². The van der Waals surface area contributed by atoms with Gasteiger partial charge in [-0.3, -0.25) is 4.90 Å². The minimum Gasteiger partial charge on any atom is -0.327 e. The molecule has 2 rings (SSSR count). The fourth-order valence-electron chi connectivity index (χ4n) is 2.53. The van der Waals surface area contributed by atoms with Gasteiger partial charge in [-0.25, -0.2) is 0 Å². The number of nitrogens with zero attached hydrogens (tertiary/aromatic N) is 1. The molecule has 0 aliphatic carbocycles. The van der Waals surface area contributed by atoms with Gasteiger partial charge in [0.2, 0.25) is 0 Å². The van der Waals surface area contributed by atoms with Crippen LogP contribution in [0.25, 0.3) is 0 Å². The molecule has 1 aliphatic heterocycles. The topological polar surface area (TPSA) is 29.3 Å².